The van der Waals surface area contributed by atoms with Gasteiger partial charge in [0.15, 0.2) is 11.9 Å². The van der Waals surface area contributed by atoms with Crippen LogP contribution in [0.25, 0.3) is 0 Å². The molecule has 12 heteroatoms. The fourth-order valence-corrected chi connectivity index (χ4v) is 9.87. The van der Waals surface area contributed by atoms with Crippen LogP contribution < -0.4 is 0 Å². The molecule has 1 aromatic rings. The average molecular weight is 785 g/mol. The minimum atomic E-state index is -1.30. The fourth-order valence-electron chi connectivity index (χ4n) is 9.87. The largest absolute Gasteiger partial charge is 0.458 e. The number of aryl methyl sites for hydroxylation is 1. The highest BCUT2D eigenvalue weighted by Crippen LogP contribution is 2.44. The molecule has 56 heavy (non-hydrogen) atoms. The van der Waals surface area contributed by atoms with Crippen molar-refractivity contribution in [3.05, 3.63) is 48.0 Å². The Kier molecular flexibility index (Phi) is 14.5. The van der Waals surface area contributed by atoms with E-state index in [-0.39, 0.29) is 37.6 Å². The van der Waals surface area contributed by atoms with Gasteiger partial charge < -0.3 is 43.3 Å². The maximum absolute atomic E-state index is 14.9. The molecule has 0 radical (unpaired) electrons. The molecule has 5 rings (SSSR count). The summed E-state index contributed by atoms with van der Waals surface area (Å²) in [4.78, 5) is 46.8. The van der Waals surface area contributed by atoms with Gasteiger partial charge in [-0.05, 0) is 91.5 Å². The lowest BCUT2D eigenvalue weighted by Crippen LogP contribution is -2.61. The minimum Gasteiger partial charge on any atom is -0.458 e. The van der Waals surface area contributed by atoms with Crippen molar-refractivity contribution in [2.24, 2.45) is 23.7 Å². The van der Waals surface area contributed by atoms with E-state index in [1.807, 2.05) is 78.7 Å². The predicted molar refractivity (Wildman–Crippen MR) is 212 cm³/mol. The number of esters is 1. The number of likely N-dealkylation sites (N-methyl/N-ethyl adjacent to an activating group) is 1. The molecule has 0 spiro atoms. The molecule has 4 aliphatic rings. The molecule has 0 aromatic heterocycles. The Labute approximate surface area is 334 Å². The van der Waals surface area contributed by atoms with Gasteiger partial charge in [0.1, 0.15) is 18.0 Å². The van der Waals surface area contributed by atoms with Crippen molar-refractivity contribution in [2.75, 3.05) is 33.9 Å². The third kappa shape index (κ3) is 9.37. The lowest BCUT2D eigenvalue weighted by molar-refractivity contribution is -0.302. The number of Topliss-reactive ketones (excluding diaryl/α,β-unsaturated/α-hetero) is 1. The maximum Gasteiger partial charge on any atom is 0.410 e. The zero-order chi connectivity index (χ0) is 41.1. The second kappa shape index (κ2) is 18.4. The first kappa shape index (κ1) is 44.2. The van der Waals surface area contributed by atoms with Gasteiger partial charge in [0.2, 0.25) is 0 Å². The molecule has 1 amide bonds. The van der Waals surface area contributed by atoms with Crippen LogP contribution in [-0.2, 0) is 44.4 Å². The van der Waals surface area contributed by atoms with Crippen molar-refractivity contribution in [3.63, 3.8) is 0 Å². The number of fused-ring (bicyclic) bond motifs is 4. The van der Waals surface area contributed by atoms with Crippen molar-refractivity contribution in [1.82, 2.24) is 9.80 Å². The first-order valence-electron chi connectivity index (χ1n) is 20.8. The van der Waals surface area contributed by atoms with E-state index in [0.29, 0.717) is 31.4 Å². The van der Waals surface area contributed by atoms with Gasteiger partial charge in [-0.1, -0.05) is 64.6 Å². The van der Waals surface area contributed by atoms with Crippen LogP contribution in [0.15, 0.2) is 42.5 Å². The Balaban J connectivity index is 1.54. The Morgan fingerprint density at radius 3 is 2.36 bits per heavy atom. The van der Waals surface area contributed by atoms with Gasteiger partial charge in [0, 0.05) is 30.3 Å². The van der Waals surface area contributed by atoms with Crippen LogP contribution in [0.5, 0.6) is 0 Å². The van der Waals surface area contributed by atoms with Crippen LogP contribution in [0.3, 0.4) is 0 Å². The number of rotatable bonds is 9. The highest BCUT2D eigenvalue weighted by atomic mass is 16.7. The normalized spacial score (nSPS) is 40.3. The Hall–Kier alpha value is -2.87. The van der Waals surface area contributed by atoms with Crippen LogP contribution in [0.2, 0.25) is 0 Å². The van der Waals surface area contributed by atoms with E-state index >= 15 is 0 Å². The third-order valence-electron chi connectivity index (χ3n) is 12.9. The third-order valence-corrected chi connectivity index (χ3v) is 12.9. The van der Waals surface area contributed by atoms with Crippen LogP contribution in [0.4, 0.5) is 4.79 Å². The van der Waals surface area contributed by atoms with Crippen LogP contribution in [0, 0.1) is 23.7 Å². The topological polar surface area (TPSA) is 133 Å². The molecule has 4 saturated heterocycles. The molecule has 4 heterocycles. The molecule has 314 valence electrons. The number of hydrogen-bond acceptors (Lipinski definition) is 11. The van der Waals surface area contributed by atoms with Gasteiger partial charge >= 0.3 is 12.1 Å². The predicted octanol–water partition coefficient (Wildman–Crippen LogP) is 5.97. The summed E-state index contributed by atoms with van der Waals surface area (Å²) in [6.07, 6.45) is -1.48. The number of cyclic esters (lactones) is 1. The van der Waals surface area contributed by atoms with Gasteiger partial charge in [-0.3, -0.25) is 9.59 Å². The number of unbranched alkanes of at least 4 members (excludes halogenated alkanes) is 1. The van der Waals surface area contributed by atoms with Crippen LogP contribution in [-0.4, -0.2) is 127 Å². The minimum absolute atomic E-state index is 0.0709. The molecule has 0 saturated carbocycles. The lowest BCUT2D eigenvalue weighted by atomic mass is 9.73. The molecule has 4 aliphatic heterocycles. The lowest BCUT2D eigenvalue weighted by Gasteiger charge is -2.48. The summed E-state index contributed by atoms with van der Waals surface area (Å²) in [6, 6.07) is 9.29. The van der Waals surface area contributed by atoms with Gasteiger partial charge in [-0.15, -0.1) is 0 Å². The smallest absolute Gasteiger partial charge is 0.410 e. The van der Waals surface area contributed by atoms with E-state index < -0.39 is 83.7 Å². The summed E-state index contributed by atoms with van der Waals surface area (Å²) in [5.41, 5.74) is -0.548. The van der Waals surface area contributed by atoms with Gasteiger partial charge in [-0.25, -0.2) is 4.79 Å². The summed E-state index contributed by atoms with van der Waals surface area (Å²) in [5.74, 6) is -3.14. The maximum atomic E-state index is 14.9. The molecule has 1 aromatic carbocycles. The summed E-state index contributed by atoms with van der Waals surface area (Å²) in [5, 5.41) is 11.6. The molecule has 2 bridgehead atoms. The van der Waals surface area contributed by atoms with E-state index in [1.165, 1.54) is 5.56 Å². The van der Waals surface area contributed by atoms with Crippen molar-refractivity contribution in [1.29, 1.82) is 0 Å². The standard InChI is InChI=1S/C44H68N2O10/c1-12-34-44(9)38(46(42(50)56-44)21-17-16-20-32-18-14-13-15-19-32)29(5)35(47)27(3)23-43(8)39(55-41-36(48)33(45(10)11)22-28(4)53-41)30(6)37(31(7)40(49)54-34)51-24-26(2)25-52-43/h13-15,18-19,27-31,33-34,36-39,41,48H,2,12,16-17,20-25H2,1,3-11H3/t27-,28-,29+,30+,31-,33+,34-,36-,37-,38-,39-,41+,43+,44-/m1/s1. The molecule has 4 fully saturated rings. The Morgan fingerprint density at radius 2 is 1.70 bits per heavy atom. The average Bonchev–Trinajstić information content (AvgIpc) is 3.43. The molecule has 0 unspecified atom stereocenters. The highest BCUT2D eigenvalue weighted by Gasteiger charge is 2.60. The van der Waals surface area contributed by atoms with Gasteiger partial charge in [0.05, 0.1) is 49.1 Å². The molecular formula is C44H68N2O10. The summed E-state index contributed by atoms with van der Waals surface area (Å²) in [7, 11) is 3.84. The zero-order valence-electron chi connectivity index (χ0n) is 35.4. The van der Waals surface area contributed by atoms with Gasteiger partial charge in [-0.2, -0.15) is 0 Å². The first-order chi connectivity index (χ1) is 26.4. The van der Waals surface area contributed by atoms with Crippen molar-refractivity contribution in [3.8, 4) is 0 Å². The monoisotopic (exact) mass is 784 g/mol. The number of carbonyl (C=O) groups is 3. The number of benzene rings is 1. The van der Waals surface area contributed by atoms with E-state index in [9.17, 15) is 19.5 Å². The Bertz CT molecular complexity index is 1520. The molecule has 14 atom stereocenters. The number of aliphatic hydroxyl groups excluding tert-OH is 1. The molecule has 12 nitrogen and oxygen atoms in total. The number of ketones is 1. The second-order valence-corrected chi connectivity index (χ2v) is 17.7. The number of hydrogen-bond donors (Lipinski definition) is 1. The van der Waals surface area contributed by atoms with Crippen molar-refractivity contribution >= 4 is 17.8 Å². The van der Waals surface area contributed by atoms with E-state index in [1.54, 1.807) is 18.7 Å². The highest BCUT2D eigenvalue weighted by molar-refractivity contribution is 5.85. The quantitative estimate of drug-likeness (QED) is 0.181. The van der Waals surface area contributed by atoms with E-state index in [4.69, 9.17) is 28.4 Å². The summed E-state index contributed by atoms with van der Waals surface area (Å²) in [6.45, 7) is 19.9. The van der Waals surface area contributed by atoms with Crippen molar-refractivity contribution < 1.29 is 47.9 Å². The zero-order valence-corrected chi connectivity index (χ0v) is 35.4. The molecule has 0 aliphatic carbocycles. The summed E-state index contributed by atoms with van der Waals surface area (Å²) >= 11 is 0. The summed E-state index contributed by atoms with van der Waals surface area (Å²) < 4.78 is 39.1. The van der Waals surface area contributed by atoms with Crippen LogP contribution >= 0.6 is 0 Å². The van der Waals surface area contributed by atoms with Gasteiger partial charge in [0.25, 0.3) is 0 Å². The number of carbonyl (C=O) groups excluding carboxylic acids is 3. The van der Waals surface area contributed by atoms with Crippen LogP contribution in [0.1, 0.15) is 93.1 Å². The molecular weight excluding hydrogens is 716 g/mol. The molecule has 1 N–H and O–H groups in total. The first-order valence-corrected chi connectivity index (χ1v) is 20.8. The SMILES string of the molecule is C=C1CO[C@@H]2[C@H](C)[C@@H](O[C@@H]3O[C@H](C)C[C@H](N(C)C)[C@H]3O)[C@](C)(C[C@@H](C)C(=O)[C@H](C)[C@H]3N(CCCCc4ccccc4)C(=O)O[C@]3(C)[C@@H](CC)OC(=O)[C@@H]2C)OC1. The number of amides is 1. The van der Waals surface area contributed by atoms with E-state index in [0.717, 1.165) is 12.8 Å². The number of aliphatic hydroxyl groups is 1. The number of ether oxygens (including phenoxy) is 6. The van der Waals surface area contributed by atoms with Crippen molar-refractivity contribution in [2.45, 2.75) is 154 Å². The fraction of sp³-hybridized carbons (Fsp3) is 0.750. The van der Waals surface area contributed by atoms with E-state index in [2.05, 4.69) is 18.7 Å². The second-order valence-electron chi connectivity index (χ2n) is 17.7. The Morgan fingerprint density at radius 1 is 1.00 bits per heavy atom. The number of nitrogens with zero attached hydrogens (tertiary/aromatic N) is 2.